The van der Waals surface area contributed by atoms with Gasteiger partial charge in [-0.2, -0.15) is 0 Å². The Morgan fingerprint density at radius 2 is 1.79 bits per heavy atom. The molecule has 1 heterocycles. The van der Waals surface area contributed by atoms with E-state index in [0.717, 1.165) is 16.5 Å². The number of hydrogen-bond acceptors (Lipinski definition) is 4. The third-order valence-corrected chi connectivity index (χ3v) is 4.60. The monoisotopic (exact) mass is 383 g/mol. The number of amides is 1. The summed E-state index contributed by atoms with van der Waals surface area (Å²) in [6, 6.07) is 11.0. The van der Waals surface area contributed by atoms with Crippen LogP contribution in [0.3, 0.4) is 0 Å². The smallest absolute Gasteiger partial charge is 0.305 e. The van der Waals surface area contributed by atoms with Crippen molar-refractivity contribution >= 4 is 23.4 Å². The average Bonchev–Trinajstić information content (AvgIpc) is 2.91. The lowest BCUT2D eigenvalue weighted by Gasteiger charge is -2.24. The minimum Gasteiger partial charge on any atom is -0.507 e. The molecule has 1 saturated heterocycles. The van der Waals surface area contributed by atoms with Crippen molar-refractivity contribution in [2.75, 3.05) is 6.54 Å². The molecule has 0 saturated carbocycles. The Balaban J connectivity index is 2.16. The van der Waals surface area contributed by atoms with E-state index in [9.17, 15) is 23.9 Å². The van der Waals surface area contributed by atoms with Crippen molar-refractivity contribution in [3.63, 3.8) is 0 Å². The van der Waals surface area contributed by atoms with Gasteiger partial charge in [0.2, 0.25) is 0 Å². The summed E-state index contributed by atoms with van der Waals surface area (Å²) in [7, 11) is 0. The molecular weight excluding hydrogens is 365 g/mol. The second-order valence-corrected chi connectivity index (χ2v) is 6.56. The summed E-state index contributed by atoms with van der Waals surface area (Å²) < 4.78 is 13.8. The van der Waals surface area contributed by atoms with E-state index in [1.54, 1.807) is 24.3 Å². The molecule has 1 atom stereocenters. The number of aryl methyl sites for hydroxylation is 1. The molecule has 1 aliphatic heterocycles. The first-order chi connectivity index (χ1) is 13.3. The molecule has 2 aromatic rings. The summed E-state index contributed by atoms with van der Waals surface area (Å²) in [6.45, 7) is 1.62. The van der Waals surface area contributed by atoms with Gasteiger partial charge in [-0.25, -0.2) is 4.39 Å². The quantitative estimate of drug-likeness (QED) is 0.470. The fourth-order valence-electron chi connectivity index (χ4n) is 3.22. The van der Waals surface area contributed by atoms with Crippen LogP contribution in [0, 0.1) is 12.7 Å². The maximum atomic E-state index is 13.8. The topological polar surface area (TPSA) is 94.9 Å². The number of aliphatic hydroxyl groups is 1. The molecule has 1 fully saturated rings. The van der Waals surface area contributed by atoms with Gasteiger partial charge in [0, 0.05) is 12.1 Å². The minimum absolute atomic E-state index is 0.190. The number of carbonyl (C=O) groups is 3. The molecule has 1 amide bonds. The Kier molecular flexibility index (Phi) is 5.26. The van der Waals surface area contributed by atoms with E-state index in [2.05, 4.69) is 0 Å². The summed E-state index contributed by atoms with van der Waals surface area (Å²) in [5.41, 5.74) is 1.37. The van der Waals surface area contributed by atoms with Crippen molar-refractivity contribution in [3.05, 3.63) is 76.6 Å². The maximum Gasteiger partial charge on any atom is 0.305 e. The molecule has 0 radical (unpaired) electrons. The van der Waals surface area contributed by atoms with Gasteiger partial charge >= 0.3 is 5.97 Å². The maximum absolute atomic E-state index is 13.8. The molecule has 0 aliphatic carbocycles. The van der Waals surface area contributed by atoms with Crippen LogP contribution in [0.4, 0.5) is 4.39 Å². The molecule has 7 heteroatoms. The first-order valence-electron chi connectivity index (χ1n) is 8.62. The lowest BCUT2D eigenvalue weighted by molar-refractivity contribution is -0.142. The number of rotatable bonds is 5. The lowest BCUT2D eigenvalue weighted by atomic mass is 9.95. The van der Waals surface area contributed by atoms with E-state index >= 15 is 0 Å². The van der Waals surface area contributed by atoms with Crippen LogP contribution in [0.5, 0.6) is 0 Å². The van der Waals surface area contributed by atoms with E-state index in [0.29, 0.717) is 5.56 Å². The molecule has 0 spiro atoms. The molecule has 28 heavy (non-hydrogen) atoms. The van der Waals surface area contributed by atoms with Crippen molar-refractivity contribution in [3.8, 4) is 0 Å². The molecule has 6 nitrogen and oxygen atoms in total. The number of Topliss-reactive ketones (excluding diaryl/α,β-unsaturated/α-hetero) is 1. The van der Waals surface area contributed by atoms with Gasteiger partial charge in [0.25, 0.3) is 11.7 Å². The first-order valence-corrected chi connectivity index (χ1v) is 8.62. The average molecular weight is 383 g/mol. The Hall–Kier alpha value is -3.48. The van der Waals surface area contributed by atoms with Crippen LogP contribution in [0.1, 0.15) is 29.2 Å². The summed E-state index contributed by atoms with van der Waals surface area (Å²) in [6.07, 6.45) is -0.386. The zero-order valence-electron chi connectivity index (χ0n) is 15.1. The van der Waals surface area contributed by atoms with Crippen LogP contribution < -0.4 is 0 Å². The second-order valence-electron chi connectivity index (χ2n) is 6.56. The van der Waals surface area contributed by atoms with Crippen molar-refractivity contribution < 1.29 is 29.0 Å². The van der Waals surface area contributed by atoms with Gasteiger partial charge in [-0.05, 0) is 24.6 Å². The van der Waals surface area contributed by atoms with Gasteiger partial charge < -0.3 is 15.1 Å². The number of aliphatic hydroxyl groups excluding tert-OH is 1. The Morgan fingerprint density at radius 1 is 1.11 bits per heavy atom. The SMILES string of the molecule is Cc1ccc(/C(O)=C2\C(=O)C(=O)N(CCC(=O)O)C2c2cccc(F)c2)cc1. The van der Waals surface area contributed by atoms with Crippen LogP contribution >= 0.6 is 0 Å². The molecule has 1 unspecified atom stereocenters. The van der Waals surface area contributed by atoms with Gasteiger partial charge in [-0.1, -0.05) is 42.0 Å². The van der Waals surface area contributed by atoms with Gasteiger partial charge in [-0.3, -0.25) is 14.4 Å². The van der Waals surface area contributed by atoms with Gasteiger partial charge in [-0.15, -0.1) is 0 Å². The van der Waals surface area contributed by atoms with Gasteiger partial charge in [0.1, 0.15) is 11.6 Å². The molecule has 144 valence electrons. The van der Waals surface area contributed by atoms with Crippen LogP contribution in [0.15, 0.2) is 54.1 Å². The molecule has 3 rings (SSSR count). The van der Waals surface area contributed by atoms with Crippen LogP contribution in [0.25, 0.3) is 5.76 Å². The number of carboxylic acid groups (broad SMARTS) is 1. The first kappa shape index (κ1) is 19.3. The fourth-order valence-corrected chi connectivity index (χ4v) is 3.22. The number of carboxylic acids is 1. The van der Waals surface area contributed by atoms with Gasteiger partial charge in [0.15, 0.2) is 0 Å². The molecule has 0 bridgehead atoms. The number of aliphatic carboxylic acids is 1. The third kappa shape index (κ3) is 3.64. The van der Waals surface area contributed by atoms with Crippen molar-refractivity contribution in [1.29, 1.82) is 0 Å². The normalized spacial score (nSPS) is 18.5. The zero-order valence-corrected chi connectivity index (χ0v) is 15.1. The number of carbonyl (C=O) groups excluding carboxylic acids is 2. The van der Waals surface area contributed by atoms with Gasteiger partial charge in [0.05, 0.1) is 18.0 Å². The van der Waals surface area contributed by atoms with E-state index < -0.39 is 29.5 Å². The zero-order chi connectivity index (χ0) is 20.4. The van der Waals surface area contributed by atoms with E-state index in [1.807, 2.05) is 6.92 Å². The number of benzene rings is 2. The number of ketones is 1. The fraction of sp³-hybridized carbons (Fsp3) is 0.190. The number of halogens is 1. The van der Waals surface area contributed by atoms with E-state index in [-0.39, 0.29) is 29.9 Å². The third-order valence-electron chi connectivity index (χ3n) is 4.60. The predicted molar refractivity (Wildman–Crippen MR) is 98.8 cm³/mol. The molecule has 2 N–H and O–H groups in total. The summed E-state index contributed by atoms with van der Waals surface area (Å²) in [5.74, 6) is -3.96. The highest BCUT2D eigenvalue weighted by molar-refractivity contribution is 6.46. The highest BCUT2D eigenvalue weighted by atomic mass is 19.1. The van der Waals surface area contributed by atoms with Crippen molar-refractivity contribution in [1.82, 2.24) is 4.90 Å². The molecular formula is C21H18FNO5. The van der Waals surface area contributed by atoms with Crippen LogP contribution in [0.2, 0.25) is 0 Å². The lowest BCUT2D eigenvalue weighted by Crippen LogP contribution is -2.31. The summed E-state index contributed by atoms with van der Waals surface area (Å²) >= 11 is 0. The molecule has 0 aromatic heterocycles. The standard InChI is InChI=1S/C21H18FNO5/c1-12-5-7-13(8-6-12)19(26)17-18(14-3-2-4-15(22)11-14)23(10-9-16(24)25)21(28)20(17)27/h2-8,11,18,26H,9-10H2,1H3,(H,24,25)/b19-17+. The Morgan fingerprint density at radius 3 is 2.39 bits per heavy atom. The number of likely N-dealkylation sites (tertiary alicyclic amines) is 1. The van der Waals surface area contributed by atoms with Crippen molar-refractivity contribution in [2.45, 2.75) is 19.4 Å². The number of hydrogen-bond donors (Lipinski definition) is 2. The highest BCUT2D eigenvalue weighted by Gasteiger charge is 2.46. The largest absolute Gasteiger partial charge is 0.507 e. The Labute approximate surface area is 160 Å². The summed E-state index contributed by atoms with van der Waals surface area (Å²) in [4.78, 5) is 37.2. The Bertz CT molecular complexity index is 981. The summed E-state index contributed by atoms with van der Waals surface area (Å²) in [5, 5.41) is 19.7. The van der Waals surface area contributed by atoms with Crippen LogP contribution in [-0.2, 0) is 14.4 Å². The number of nitrogens with zero attached hydrogens (tertiary/aromatic N) is 1. The molecule has 2 aromatic carbocycles. The van der Waals surface area contributed by atoms with E-state index in [4.69, 9.17) is 5.11 Å². The van der Waals surface area contributed by atoms with E-state index in [1.165, 1.54) is 18.2 Å². The second kappa shape index (κ2) is 7.64. The predicted octanol–water partition coefficient (Wildman–Crippen LogP) is 3.03. The highest BCUT2D eigenvalue weighted by Crippen LogP contribution is 2.39. The van der Waals surface area contributed by atoms with Crippen LogP contribution in [-0.4, -0.2) is 39.3 Å². The van der Waals surface area contributed by atoms with Crippen molar-refractivity contribution in [2.24, 2.45) is 0 Å². The minimum atomic E-state index is -1.14. The molecule has 1 aliphatic rings.